The first-order valence-corrected chi connectivity index (χ1v) is 4.00. The maximum absolute atomic E-state index is 10.9. The number of cyclic esters (lactones) is 1. The van der Waals surface area contributed by atoms with Gasteiger partial charge in [0.2, 0.25) is 0 Å². The summed E-state index contributed by atoms with van der Waals surface area (Å²) in [7, 11) is 0. The molecule has 1 aliphatic heterocycles. The fourth-order valence-electron chi connectivity index (χ4n) is 1.43. The van der Waals surface area contributed by atoms with Gasteiger partial charge >= 0.3 is 5.97 Å². The highest BCUT2D eigenvalue weighted by molar-refractivity contribution is 5.74. The standard InChI is InChI=1S/C10H10O2/c1-7-2-3-8-5-10(11)12-6-9(8)4-7/h2-4H,5-6H2,1H3. The van der Waals surface area contributed by atoms with E-state index in [0.29, 0.717) is 13.0 Å². The topological polar surface area (TPSA) is 26.3 Å². The van der Waals surface area contributed by atoms with Gasteiger partial charge in [-0.2, -0.15) is 0 Å². The van der Waals surface area contributed by atoms with E-state index in [1.165, 1.54) is 5.56 Å². The normalized spacial score (nSPS) is 15.2. The lowest BCUT2D eigenvalue weighted by Gasteiger charge is -2.15. The molecule has 0 radical (unpaired) electrons. The zero-order valence-corrected chi connectivity index (χ0v) is 6.96. The molecule has 2 heteroatoms. The van der Waals surface area contributed by atoms with Crippen LogP contribution < -0.4 is 0 Å². The largest absolute Gasteiger partial charge is 0.461 e. The summed E-state index contributed by atoms with van der Waals surface area (Å²) in [5.41, 5.74) is 3.47. The first-order chi connectivity index (χ1) is 5.75. The van der Waals surface area contributed by atoms with Crippen molar-refractivity contribution < 1.29 is 9.53 Å². The Labute approximate surface area is 71.2 Å². The molecule has 0 N–H and O–H groups in total. The number of benzene rings is 1. The van der Waals surface area contributed by atoms with Crippen LogP contribution in [-0.2, 0) is 22.6 Å². The molecule has 0 saturated heterocycles. The minimum atomic E-state index is -0.119. The lowest BCUT2D eigenvalue weighted by molar-refractivity contribution is -0.145. The fourth-order valence-corrected chi connectivity index (χ4v) is 1.43. The van der Waals surface area contributed by atoms with Crippen LogP contribution in [0.1, 0.15) is 16.7 Å². The van der Waals surface area contributed by atoms with Crippen molar-refractivity contribution >= 4 is 5.97 Å². The van der Waals surface area contributed by atoms with Crippen LogP contribution in [0.5, 0.6) is 0 Å². The van der Waals surface area contributed by atoms with Crippen molar-refractivity contribution in [1.82, 2.24) is 0 Å². The third-order valence-electron chi connectivity index (χ3n) is 2.09. The summed E-state index contributed by atoms with van der Waals surface area (Å²) < 4.78 is 4.92. The van der Waals surface area contributed by atoms with E-state index in [1.54, 1.807) is 0 Å². The zero-order chi connectivity index (χ0) is 8.55. The number of carbonyl (C=O) groups is 1. The van der Waals surface area contributed by atoms with E-state index in [4.69, 9.17) is 4.74 Å². The van der Waals surface area contributed by atoms with Gasteiger partial charge in [-0.25, -0.2) is 0 Å². The van der Waals surface area contributed by atoms with Crippen LogP contribution in [0.2, 0.25) is 0 Å². The van der Waals surface area contributed by atoms with Crippen molar-refractivity contribution in [2.75, 3.05) is 0 Å². The molecule has 1 aromatic carbocycles. The molecular formula is C10H10O2. The van der Waals surface area contributed by atoms with Gasteiger partial charge in [-0.3, -0.25) is 4.79 Å². The van der Waals surface area contributed by atoms with Crippen LogP contribution in [-0.4, -0.2) is 5.97 Å². The van der Waals surface area contributed by atoms with Gasteiger partial charge in [0.05, 0.1) is 6.42 Å². The highest BCUT2D eigenvalue weighted by Gasteiger charge is 2.15. The lowest BCUT2D eigenvalue weighted by atomic mass is 10.0. The number of carbonyl (C=O) groups excluding carboxylic acids is 1. The van der Waals surface area contributed by atoms with Gasteiger partial charge in [0.1, 0.15) is 6.61 Å². The third-order valence-corrected chi connectivity index (χ3v) is 2.09. The minimum Gasteiger partial charge on any atom is -0.461 e. The molecule has 2 nitrogen and oxygen atoms in total. The summed E-state index contributed by atoms with van der Waals surface area (Å²) in [5.74, 6) is -0.119. The molecule has 12 heavy (non-hydrogen) atoms. The van der Waals surface area contributed by atoms with Crippen molar-refractivity contribution in [3.63, 3.8) is 0 Å². The van der Waals surface area contributed by atoms with E-state index in [1.807, 2.05) is 19.1 Å². The molecule has 62 valence electrons. The van der Waals surface area contributed by atoms with Crippen LogP contribution in [0.4, 0.5) is 0 Å². The van der Waals surface area contributed by atoms with Crippen molar-refractivity contribution in [2.24, 2.45) is 0 Å². The predicted molar refractivity (Wildman–Crippen MR) is 44.7 cm³/mol. The van der Waals surface area contributed by atoms with Crippen LogP contribution >= 0.6 is 0 Å². The SMILES string of the molecule is Cc1ccc2c(c1)COC(=O)C2. The zero-order valence-electron chi connectivity index (χ0n) is 6.96. The van der Waals surface area contributed by atoms with Gasteiger partial charge in [-0.05, 0) is 18.1 Å². The van der Waals surface area contributed by atoms with Crippen molar-refractivity contribution in [3.05, 3.63) is 34.9 Å². The molecule has 1 aromatic rings. The molecule has 0 aromatic heterocycles. The lowest BCUT2D eigenvalue weighted by Crippen LogP contribution is -2.16. The Morgan fingerprint density at radius 2 is 2.17 bits per heavy atom. The maximum Gasteiger partial charge on any atom is 0.310 e. The quantitative estimate of drug-likeness (QED) is 0.541. The number of aryl methyl sites for hydroxylation is 1. The average Bonchev–Trinajstić information content (AvgIpc) is 2.05. The highest BCUT2D eigenvalue weighted by atomic mass is 16.5. The van der Waals surface area contributed by atoms with E-state index in [2.05, 4.69) is 6.07 Å². The second-order valence-electron chi connectivity index (χ2n) is 3.11. The van der Waals surface area contributed by atoms with Crippen molar-refractivity contribution in [1.29, 1.82) is 0 Å². The second-order valence-corrected chi connectivity index (χ2v) is 3.11. The molecule has 0 atom stereocenters. The Morgan fingerprint density at radius 3 is 3.00 bits per heavy atom. The number of rotatable bonds is 0. The van der Waals surface area contributed by atoms with E-state index < -0.39 is 0 Å². The number of fused-ring (bicyclic) bond motifs is 1. The van der Waals surface area contributed by atoms with Crippen molar-refractivity contribution in [3.8, 4) is 0 Å². The summed E-state index contributed by atoms with van der Waals surface area (Å²) in [6.45, 7) is 2.48. The minimum absolute atomic E-state index is 0.119. The molecule has 1 aliphatic rings. The van der Waals surface area contributed by atoms with Crippen molar-refractivity contribution in [2.45, 2.75) is 20.0 Å². The predicted octanol–water partition coefficient (Wildman–Crippen LogP) is 1.59. The smallest absolute Gasteiger partial charge is 0.310 e. The van der Waals surface area contributed by atoms with E-state index in [0.717, 1.165) is 11.1 Å². The van der Waals surface area contributed by atoms with Crippen LogP contribution in [0, 0.1) is 6.92 Å². The van der Waals surface area contributed by atoms with Crippen LogP contribution in [0.15, 0.2) is 18.2 Å². The Kier molecular flexibility index (Phi) is 1.61. The molecule has 0 amide bonds. The molecule has 0 fully saturated rings. The number of hydrogen-bond donors (Lipinski definition) is 0. The van der Waals surface area contributed by atoms with E-state index in [9.17, 15) is 4.79 Å². The van der Waals surface area contributed by atoms with Gasteiger partial charge in [0.15, 0.2) is 0 Å². The average molecular weight is 162 g/mol. The first kappa shape index (κ1) is 7.35. The molecule has 0 saturated carbocycles. The summed E-state index contributed by atoms with van der Waals surface area (Å²) >= 11 is 0. The Hall–Kier alpha value is -1.31. The molecule has 1 heterocycles. The molecule has 0 bridgehead atoms. The molecule has 0 aliphatic carbocycles. The number of esters is 1. The summed E-state index contributed by atoms with van der Waals surface area (Å²) in [5, 5.41) is 0. The summed E-state index contributed by atoms with van der Waals surface area (Å²) in [4.78, 5) is 10.9. The second kappa shape index (κ2) is 2.63. The molecule has 2 rings (SSSR count). The third kappa shape index (κ3) is 1.20. The number of ether oxygens (including phenoxy) is 1. The number of hydrogen-bond acceptors (Lipinski definition) is 2. The van der Waals surface area contributed by atoms with Gasteiger partial charge < -0.3 is 4.74 Å². The van der Waals surface area contributed by atoms with Gasteiger partial charge in [0, 0.05) is 0 Å². The Bertz CT molecular complexity index is 329. The maximum atomic E-state index is 10.9. The summed E-state index contributed by atoms with van der Waals surface area (Å²) in [6.07, 6.45) is 0.426. The Morgan fingerprint density at radius 1 is 1.33 bits per heavy atom. The molecule has 0 spiro atoms. The van der Waals surface area contributed by atoms with Gasteiger partial charge in [-0.1, -0.05) is 23.8 Å². The fraction of sp³-hybridized carbons (Fsp3) is 0.300. The monoisotopic (exact) mass is 162 g/mol. The molecular weight excluding hydrogens is 152 g/mol. The molecule has 0 unspecified atom stereocenters. The summed E-state index contributed by atoms with van der Waals surface area (Å²) in [6, 6.07) is 6.10. The van der Waals surface area contributed by atoms with Gasteiger partial charge in [0.25, 0.3) is 0 Å². The Balaban J connectivity index is 2.43. The highest BCUT2D eigenvalue weighted by Crippen LogP contribution is 2.18. The van der Waals surface area contributed by atoms with E-state index in [-0.39, 0.29) is 5.97 Å². The van der Waals surface area contributed by atoms with Crippen LogP contribution in [0.3, 0.4) is 0 Å². The van der Waals surface area contributed by atoms with Crippen LogP contribution in [0.25, 0.3) is 0 Å². The van der Waals surface area contributed by atoms with Gasteiger partial charge in [-0.15, -0.1) is 0 Å². The first-order valence-electron chi connectivity index (χ1n) is 4.00. The van der Waals surface area contributed by atoms with E-state index >= 15 is 0 Å².